The van der Waals surface area contributed by atoms with Gasteiger partial charge in [-0.15, -0.1) is 0 Å². The maximum atomic E-state index is 4.76. The van der Waals surface area contributed by atoms with Crippen LogP contribution in [-0.2, 0) is 0 Å². The molecule has 0 radical (unpaired) electrons. The van der Waals surface area contributed by atoms with Gasteiger partial charge in [-0.2, -0.15) is 5.10 Å². The van der Waals surface area contributed by atoms with Gasteiger partial charge in [-0.05, 0) is 43.3 Å². The fourth-order valence-corrected chi connectivity index (χ4v) is 2.61. The molecular weight excluding hydrogens is 298 g/mol. The monoisotopic (exact) mass is 313 g/mol. The van der Waals surface area contributed by atoms with Gasteiger partial charge in [0.05, 0.1) is 5.69 Å². The van der Waals surface area contributed by atoms with E-state index in [-0.39, 0.29) is 0 Å². The summed E-state index contributed by atoms with van der Waals surface area (Å²) in [6.45, 7) is 2.06. The van der Waals surface area contributed by atoms with Crippen molar-refractivity contribution in [2.75, 3.05) is 0 Å². The van der Waals surface area contributed by atoms with Gasteiger partial charge in [0.2, 0.25) is 0 Å². The zero-order valence-corrected chi connectivity index (χ0v) is 13.1. The van der Waals surface area contributed by atoms with Crippen LogP contribution in [0.15, 0.2) is 77.3 Å². The highest BCUT2D eigenvalue weighted by atomic mass is 15.3. The Kier molecular flexibility index (Phi) is 3.59. The molecule has 3 heterocycles. The van der Waals surface area contributed by atoms with Gasteiger partial charge in [-0.1, -0.05) is 11.6 Å². The van der Waals surface area contributed by atoms with E-state index in [0.29, 0.717) is 5.84 Å². The minimum atomic E-state index is 0.673. The number of hydrogen-bond acceptors (Lipinski definition) is 5. The molecule has 2 aromatic heterocycles. The maximum Gasteiger partial charge on any atom is 0.155 e. The molecule has 1 aromatic carbocycles. The third kappa shape index (κ3) is 2.67. The third-order valence-electron chi connectivity index (χ3n) is 3.78. The number of aryl methyl sites for hydroxylation is 1. The van der Waals surface area contributed by atoms with Gasteiger partial charge < -0.3 is 0 Å². The number of nitrogens with one attached hydrogen (secondary N) is 1. The Bertz CT molecular complexity index is 930. The standard InChI is InChI=1S/C19H15N5/c1-13-6-7-17-16(10-13)18(14-4-2-8-20-11-14)23-24-19(22-17)15-5-3-9-21-12-15/h2-12H,1H3,(H,22,24). The Morgan fingerprint density at radius 1 is 0.875 bits per heavy atom. The number of nitrogens with zero attached hydrogens (tertiary/aromatic N) is 4. The molecule has 5 nitrogen and oxygen atoms in total. The van der Waals surface area contributed by atoms with Crippen LogP contribution in [0.3, 0.4) is 0 Å². The topological polar surface area (TPSA) is 62.5 Å². The van der Waals surface area contributed by atoms with Gasteiger partial charge in [-0.25, -0.2) is 4.99 Å². The van der Waals surface area contributed by atoms with Crippen molar-refractivity contribution in [3.63, 3.8) is 0 Å². The van der Waals surface area contributed by atoms with Crippen molar-refractivity contribution in [1.82, 2.24) is 15.4 Å². The van der Waals surface area contributed by atoms with E-state index in [1.54, 1.807) is 18.6 Å². The molecule has 24 heavy (non-hydrogen) atoms. The summed E-state index contributed by atoms with van der Waals surface area (Å²) in [7, 11) is 0. The van der Waals surface area contributed by atoms with Gasteiger partial charge in [0, 0.05) is 41.5 Å². The van der Waals surface area contributed by atoms with E-state index in [0.717, 1.165) is 33.7 Å². The largest absolute Gasteiger partial charge is 0.264 e. The molecule has 0 bridgehead atoms. The molecule has 0 saturated carbocycles. The van der Waals surface area contributed by atoms with E-state index < -0.39 is 0 Å². The van der Waals surface area contributed by atoms with Crippen LogP contribution < -0.4 is 5.43 Å². The number of fused-ring (bicyclic) bond motifs is 1. The van der Waals surface area contributed by atoms with Gasteiger partial charge in [0.15, 0.2) is 5.84 Å². The minimum Gasteiger partial charge on any atom is -0.264 e. The lowest BCUT2D eigenvalue weighted by atomic mass is 10.0. The lowest BCUT2D eigenvalue weighted by Gasteiger charge is -2.08. The summed E-state index contributed by atoms with van der Waals surface area (Å²) >= 11 is 0. The van der Waals surface area contributed by atoms with E-state index >= 15 is 0 Å². The summed E-state index contributed by atoms with van der Waals surface area (Å²) in [5.74, 6) is 0.673. The van der Waals surface area contributed by atoms with E-state index in [2.05, 4.69) is 39.6 Å². The first-order valence-electron chi connectivity index (χ1n) is 7.65. The molecule has 0 saturated heterocycles. The highest BCUT2D eigenvalue weighted by Gasteiger charge is 2.17. The molecule has 1 aliphatic heterocycles. The molecule has 116 valence electrons. The van der Waals surface area contributed by atoms with Crippen LogP contribution >= 0.6 is 0 Å². The Labute approximate surface area is 139 Å². The number of benzene rings is 1. The van der Waals surface area contributed by atoms with E-state index in [4.69, 9.17) is 4.99 Å². The molecule has 1 N–H and O–H groups in total. The molecule has 0 aliphatic carbocycles. The van der Waals surface area contributed by atoms with E-state index in [1.165, 1.54) is 0 Å². The number of aliphatic imine (C=N–C) groups is 1. The summed E-state index contributed by atoms with van der Waals surface area (Å²) < 4.78 is 0. The number of hydrazone groups is 1. The number of aromatic nitrogens is 2. The van der Waals surface area contributed by atoms with E-state index in [1.807, 2.05) is 36.5 Å². The van der Waals surface area contributed by atoms with Crippen LogP contribution in [0.25, 0.3) is 0 Å². The quantitative estimate of drug-likeness (QED) is 0.790. The van der Waals surface area contributed by atoms with Gasteiger partial charge in [0.25, 0.3) is 0 Å². The normalized spacial score (nSPS) is 13.2. The molecular formula is C19H15N5. The molecule has 0 fully saturated rings. The Hall–Kier alpha value is -3.34. The van der Waals surface area contributed by atoms with Crippen LogP contribution in [-0.4, -0.2) is 21.5 Å². The summed E-state index contributed by atoms with van der Waals surface area (Å²) in [5, 5.41) is 4.60. The summed E-state index contributed by atoms with van der Waals surface area (Å²) in [6, 6.07) is 13.9. The average Bonchev–Trinajstić information content (AvgIpc) is 2.82. The first-order chi connectivity index (χ1) is 11.8. The van der Waals surface area contributed by atoms with Crippen LogP contribution in [0.2, 0.25) is 0 Å². The SMILES string of the molecule is Cc1ccc2c(c1)C(c1cccnc1)=NNC(c1cccnc1)=N2. The molecule has 0 amide bonds. The zero-order chi connectivity index (χ0) is 16.4. The first kappa shape index (κ1) is 14.3. The average molecular weight is 313 g/mol. The molecule has 0 spiro atoms. The second-order valence-corrected chi connectivity index (χ2v) is 5.54. The number of rotatable bonds is 2. The molecule has 0 atom stereocenters. The number of hydrogen-bond donors (Lipinski definition) is 1. The lowest BCUT2D eigenvalue weighted by molar-refractivity contribution is 1.03. The predicted octanol–water partition coefficient (Wildman–Crippen LogP) is 3.22. The summed E-state index contributed by atoms with van der Waals surface area (Å²) in [5.41, 5.74) is 8.75. The Morgan fingerprint density at radius 2 is 1.62 bits per heavy atom. The van der Waals surface area contributed by atoms with Crippen molar-refractivity contribution in [1.29, 1.82) is 0 Å². The number of amidine groups is 1. The minimum absolute atomic E-state index is 0.673. The second-order valence-electron chi connectivity index (χ2n) is 5.54. The molecule has 0 unspecified atom stereocenters. The smallest absolute Gasteiger partial charge is 0.155 e. The maximum absolute atomic E-state index is 4.76. The fraction of sp³-hybridized carbons (Fsp3) is 0.0526. The first-order valence-corrected chi connectivity index (χ1v) is 7.65. The van der Waals surface area contributed by atoms with Crippen molar-refractivity contribution < 1.29 is 0 Å². The van der Waals surface area contributed by atoms with Crippen LogP contribution in [0.4, 0.5) is 5.69 Å². The third-order valence-corrected chi connectivity index (χ3v) is 3.78. The lowest BCUT2D eigenvalue weighted by Crippen LogP contribution is -2.19. The van der Waals surface area contributed by atoms with E-state index in [9.17, 15) is 0 Å². The van der Waals surface area contributed by atoms with Gasteiger partial charge >= 0.3 is 0 Å². The van der Waals surface area contributed by atoms with Crippen molar-refractivity contribution in [3.8, 4) is 0 Å². The van der Waals surface area contributed by atoms with Crippen molar-refractivity contribution in [2.45, 2.75) is 6.92 Å². The molecule has 5 heteroatoms. The van der Waals surface area contributed by atoms with Crippen LogP contribution in [0.5, 0.6) is 0 Å². The highest BCUT2D eigenvalue weighted by Crippen LogP contribution is 2.26. The second kappa shape index (κ2) is 6.04. The van der Waals surface area contributed by atoms with Crippen LogP contribution in [0, 0.1) is 6.92 Å². The van der Waals surface area contributed by atoms with Crippen molar-refractivity contribution in [3.05, 3.63) is 89.5 Å². The Morgan fingerprint density at radius 3 is 2.33 bits per heavy atom. The summed E-state index contributed by atoms with van der Waals surface area (Å²) in [4.78, 5) is 13.1. The summed E-state index contributed by atoms with van der Waals surface area (Å²) in [6.07, 6.45) is 7.07. The molecule has 3 aromatic rings. The predicted molar refractivity (Wildman–Crippen MR) is 94.6 cm³/mol. The van der Waals surface area contributed by atoms with Gasteiger partial charge in [0.1, 0.15) is 5.71 Å². The fourth-order valence-electron chi connectivity index (χ4n) is 2.61. The Balaban J connectivity index is 1.89. The molecule has 4 rings (SSSR count). The van der Waals surface area contributed by atoms with Crippen molar-refractivity contribution >= 4 is 17.2 Å². The number of pyridine rings is 2. The van der Waals surface area contributed by atoms with Gasteiger partial charge in [-0.3, -0.25) is 15.4 Å². The molecule has 1 aliphatic rings. The highest BCUT2D eigenvalue weighted by molar-refractivity contribution is 6.17. The zero-order valence-electron chi connectivity index (χ0n) is 13.1. The van der Waals surface area contributed by atoms with Crippen LogP contribution in [0.1, 0.15) is 22.3 Å². The van der Waals surface area contributed by atoms with Crippen molar-refractivity contribution in [2.24, 2.45) is 10.1 Å².